The lowest BCUT2D eigenvalue weighted by atomic mass is 9.95. The number of fused-ring (bicyclic) bond motifs is 1. The highest BCUT2D eigenvalue weighted by Crippen LogP contribution is 2.24. The van der Waals surface area contributed by atoms with Crippen LogP contribution in [-0.2, 0) is 31.1 Å². The van der Waals surface area contributed by atoms with Crippen LogP contribution in [0.5, 0.6) is 0 Å². The van der Waals surface area contributed by atoms with Crippen molar-refractivity contribution in [2.45, 2.75) is 45.1 Å². The van der Waals surface area contributed by atoms with Crippen LogP contribution in [-0.4, -0.2) is 41.9 Å². The number of nitrogens with one attached hydrogen (secondary N) is 2. The summed E-state index contributed by atoms with van der Waals surface area (Å²) in [7, 11) is 1.77. The molecular weight excluding hydrogens is 312 g/mol. The minimum Gasteiger partial charge on any atom is -0.481 e. The van der Waals surface area contributed by atoms with Crippen LogP contribution in [0.1, 0.15) is 59.2 Å². The third-order valence-corrected chi connectivity index (χ3v) is 4.14. The highest BCUT2D eigenvalue weighted by molar-refractivity contribution is 5.94. The van der Waals surface area contributed by atoms with Gasteiger partial charge in [-0.1, -0.05) is 0 Å². The molecular formula is C15H20N6O3. The van der Waals surface area contributed by atoms with Crippen molar-refractivity contribution in [3.8, 4) is 0 Å². The van der Waals surface area contributed by atoms with Crippen molar-refractivity contribution in [3.63, 3.8) is 0 Å². The zero-order valence-electron chi connectivity index (χ0n) is 13.7. The second kappa shape index (κ2) is 6.42. The first-order chi connectivity index (χ1) is 11.5. The SMILES string of the molecule is C[C@@H](NC(=O)c1c2c(nn1C)CCCC2)c1n[nH]c(CC(=O)O)n1. The van der Waals surface area contributed by atoms with E-state index in [1.807, 2.05) is 0 Å². The Kier molecular flexibility index (Phi) is 4.32. The minimum absolute atomic E-state index is 0.217. The van der Waals surface area contributed by atoms with Crippen molar-refractivity contribution < 1.29 is 14.7 Å². The maximum atomic E-state index is 12.6. The largest absolute Gasteiger partial charge is 0.481 e. The van der Waals surface area contributed by atoms with E-state index in [4.69, 9.17) is 5.11 Å². The molecule has 1 aliphatic rings. The second-order valence-electron chi connectivity index (χ2n) is 6.01. The summed E-state index contributed by atoms with van der Waals surface area (Å²) in [6, 6.07) is -0.439. The summed E-state index contributed by atoms with van der Waals surface area (Å²) in [4.78, 5) is 27.4. The summed E-state index contributed by atoms with van der Waals surface area (Å²) in [6.45, 7) is 1.76. The first-order valence-corrected chi connectivity index (χ1v) is 7.94. The normalized spacial score (nSPS) is 14.9. The lowest BCUT2D eigenvalue weighted by molar-refractivity contribution is -0.136. The molecule has 2 aromatic rings. The highest BCUT2D eigenvalue weighted by atomic mass is 16.4. The predicted molar refractivity (Wildman–Crippen MR) is 83.5 cm³/mol. The van der Waals surface area contributed by atoms with Gasteiger partial charge in [-0.25, -0.2) is 4.98 Å². The number of carboxylic acids is 1. The Hall–Kier alpha value is -2.71. The van der Waals surface area contributed by atoms with Crippen molar-refractivity contribution in [1.82, 2.24) is 30.3 Å². The van der Waals surface area contributed by atoms with Crippen molar-refractivity contribution >= 4 is 11.9 Å². The van der Waals surface area contributed by atoms with Gasteiger partial charge < -0.3 is 10.4 Å². The molecule has 3 N–H and O–H groups in total. The Morgan fingerprint density at radius 3 is 2.88 bits per heavy atom. The number of H-pyrrole nitrogens is 1. The molecule has 0 aromatic carbocycles. The molecule has 0 saturated carbocycles. The molecule has 0 unspecified atom stereocenters. The van der Waals surface area contributed by atoms with E-state index in [0.717, 1.165) is 36.9 Å². The van der Waals surface area contributed by atoms with Gasteiger partial charge in [0.2, 0.25) is 0 Å². The Morgan fingerprint density at radius 1 is 1.38 bits per heavy atom. The molecule has 1 aliphatic carbocycles. The molecule has 0 fully saturated rings. The van der Waals surface area contributed by atoms with E-state index in [9.17, 15) is 9.59 Å². The van der Waals surface area contributed by atoms with Crippen molar-refractivity contribution in [2.24, 2.45) is 7.05 Å². The Balaban J connectivity index is 1.74. The number of amides is 1. The molecule has 0 spiro atoms. The second-order valence-corrected chi connectivity index (χ2v) is 6.01. The summed E-state index contributed by atoms with van der Waals surface area (Å²) in [5, 5.41) is 22.6. The lowest BCUT2D eigenvalue weighted by Gasteiger charge is -2.14. The van der Waals surface area contributed by atoms with Crippen LogP contribution in [0.4, 0.5) is 0 Å². The molecule has 9 nitrogen and oxygen atoms in total. The van der Waals surface area contributed by atoms with E-state index in [1.165, 1.54) is 0 Å². The number of aliphatic carboxylic acids is 1. The Labute approximate surface area is 138 Å². The van der Waals surface area contributed by atoms with Gasteiger partial charge in [-0.2, -0.15) is 10.2 Å². The first kappa shape index (κ1) is 16.2. The fraction of sp³-hybridized carbons (Fsp3) is 0.533. The van der Waals surface area contributed by atoms with E-state index >= 15 is 0 Å². The van der Waals surface area contributed by atoms with Crippen LogP contribution < -0.4 is 5.32 Å². The number of hydrogen-bond donors (Lipinski definition) is 3. The molecule has 24 heavy (non-hydrogen) atoms. The molecule has 0 bridgehead atoms. The van der Waals surface area contributed by atoms with Crippen molar-refractivity contribution in [3.05, 3.63) is 28.6 Å². The van der Waals surface area contributed by atoms with Gasteiger partial charge in [0.1, 0.15) is 17.9 Å². The van der Waals surface area contributed by atoms with Gasteiger partial charge in [0, 0.05) is 12.6 Å². The quantitative estimate of drug-likeness (QED) is 0.733. The number of carboxylic acid groups (broad SMARTS) is 1. The number of nitrogens with zero attached hydrogens (tertiary/aromatic N) is 4. The van der Waals surface area contributed by atoms with Crippen molar-refractivity contribution in [1.29, 1.82) is 0 Å². The third-order valence-electron chi connectivity index (χ3n) is 4.14. The Morgan fingerprint density at radius 2 is 2.12 bits per heavy atom. The standard InChI is InChI=1S/C15H20N6O3/c1-8(14-17-11(18-19-14)7-12(22)23)16-15(24)13-9-5-3-4-6-10(9)20-21(13)2/h8H,3-7H2,1-2H3,(H,16,24)(H,22,23)(H,17,18,19)/t8-/m1/s1. The van der Waals surface area contributed by atoms with Crippen LogP contribution in [0.3, 0.4) is 0 Å². The van der Waals surface area contributed by atoms with Gasteiger partial charge in [-0.15, -0.1) is 0 Å². The summed E-state index contributed by atoms with van der Waals surface area (Å²) in [5.41, 5.74) is 2.61. The zero-order valence-corrected chi connectivity index (χ0v) is 13.7. The van der Waals surface area contributed by atoms with Gasteiger partial charge in [0.15, 0.2) is 5.82 Å². The monoisotopic (exact) mass is 332 g/mol. The summed E-state index contributed by atoms with van der Waals surface area (Å²) < 4.78 is 1.63. The van der Waals surface area contributed by atoms with E-state index in [1.54, 1.807) is 18.7 Å². The topological polar surface area (TPSA) is 126 Å². The highest BCUT2D eigenvalue weighted by Gasteiger charge is 2.25. The molecule has 1 amide bonds. The first-order valence-electron chi connectivity index (χ1n) is 7.94. The number of carbonyl (C=O) groups is 2. The van der Waals surface area contributed by atoms with Gasteiger partial charge in [-0.3, -0.25) is 19.4 Å². The maximum absolute atomic E-state index is 12.6. The molecule has 1 atom stereocenters. The van der Waals surface area contributed by atoms with Crippen LogP contribution >= 0.6 is 0 Å². The maximum Gasteiger partial charge on any atom is 0.311 e. The van der Waals surface area contributed by atoms with Gasteiger partial charge in [0.05, 0.1) is 11.7 Å². The molecule has 128 valence electrons. The zero-order chi connectivity index (χ0) is 17.3. The molecule has 3 rings (SSSR count). The average Bonchev–Trinajstić information content (AvgIpc) is 3.09. The van der Waals surface area contributed by atoms with Crippen LogP contribution in [0.25, 0.3) is 0 Å². The summed E-state index contributed by atoms with van der Waals surface area (Å²) >= 11 is 0. The van der Waals surface area contributed by atoms with E-state index in [-0.39, 0.29) is 18.2 Å². The predicted octanol–water partition coefficient (Wildman–Crippen LogP) is 0.535. The Bertz CT molecular complexity index is 778. The smallest absolute Gasteiger partial charge is 0.311 e. The van der Waals surface area contributed by atoms with Gasteiger partial charge >= 0.3 is 5.97 Å². The van der Waals surface area contributed by atoms with Crippen molar-refractivity contribution in [2.75, 3.05) is 0 Å². The van der Waals surface area contributed by atoms with E-state index in [0.29, 0.717) is 11.5 Å². The van der Waals surface area contributed by atoms with Crippen LogP contribution in [0.15, 0.2) is 0 Å². The molecule has 2 aromatic heterocycles. The molecule has 9 heteroatoms. The van der Waals surface area contributed by atoms with E-state index in [2.05, 4.69) is 25.6 Å². The number of carbonyl (C=O) groups excluding carboxylic acids is 1. The van der Waals surface area contributed by atoms with Crippen LogP contribution in [0, 0.1) is 0 Å². The number of rotatable bonds is 5. The molecule has 0 saturated heterocycles. The fourth-order valence-corrected chi connectivity index (χ4v) is 3.02. The molecule has 0 radical (unpaired) electrons. The lowest BCUT2D eigenvalue weighted by Crippen LogP contribution is -2.30. The number of aryl methyl sites for hydroxylation is 2. The van der Waals surface area contributed by atoms with Gasteiger partial charge in [-0.05, 0) is 32.6 Å². The van der Waals surface area contributed by atoms with Gasteiger partial charge in [0.25, 0.3) is 5.91 Å². The number of aromatic nitrogens is 5. The summed E-state index contributed by atoms with van der Waals surface area (Å²) in [6.07, 6.45) is 3.71. The fourth-order valence-electron chi connectivity index (χ4n) is 3.02. The van der Waals surface area contributed by atoms with E-state index < -0.39 is 12.0 Å². The summed E-state index contributed by atoms with van der Waals surface area (Å²) in [5.74, 6) is -0.590. The van der Waals surface area contributed by atoms with Crippen LogP contribution in [0.2, 0.25) is 0 Å². The third kappa shape index (κ3) is 3.15. The molecule has 2 heterocycles. The average molecular weight is 332 g/mol. The number of aromatic amines is 1. The number of hydrogen-bond acceptors (Lipinski definition) is 5. The minimum atomic E-state index is -0.990. The molecule has 0 aliphatic heterocycles.